The van der Waals surface area contributed by atoms with Crippen LogP contribution in [0, 0.1) is 0 Å². The van der Waals surface area contributed by atoms with Crippen molar-refractivity contribution in [3.63, 3.8) is 0 Å². The Morgan fingerprint density at radius 2 is 2.15 bits per heavy atom. The first kappa shape index (κ1) is 14.8. The first-order valence-electron chi connectivity index (χ1n) is 6.78. The largest absolute Gasteiger partial charge is 0.465 e. The molecule has 0 unspecified atom stereocenters. The zero-order valence-corrected chi connectivity index (χ0v) is 12.5. The van der Waals surface area contributed by atoms with Gasteiger partial charge in [-0.1, -0.05) is 37.8 Å². The molecule has 0 N–H and O–H groups in total. The number of carbonyl (C=O) groups is 1. The van der Waals surface area contributed by atoms with Crippen molar-refractivity contribution in [3.8, 4) is 0 Å². The van der Waals surface area contributed by atoms with Gasteiger partial charge in [0.2, 0.25) is 0 Å². The standard InChI is InChI=1S/C14H18ClN3O2/c1-3-4-5-6-7-12-16-17-13-11(15)8-10(9-18(12)13)14(19)20-2/h8-9H,3-7H2,1-2H3. The Morgan fingerprint density at radius 1 is 1.35 bits per heavy atom. The molecule has 5 nitrogen and oxygen atoms in total. The van der Waals surface area contributed by atoms with E-state index in [-0.39, 0.29) is 0 Å². The van der Waals surface area contributed by atoms with Crippen LogP contribution in [0.2, 0.25) is 5.02 Å². The number of fused-ring (bicyclic) bond motifs is 1. The third-order valence-electron chi connectivity index (χ3n) is 3.21. The molecule has 0 atom stereocenters. The van der Waals surface area contributed by atoms with Gasteiger partial charge in [-0.25, -0.2) is 4.79 Å². The van der Waals surface area contributed by atoms with Gasteiger partial charge < -0.3 is 4.74 Å². The van der Waals surface area contributed by atoms with Gasteiger partial charge in [-0.15, -0.1) is 10.2 Å². The molecule has 0 fully saturated rings. The molecule has 0 radical (unpaired) electrons. The van der Waals surface area contributed by atoms with Gasteiger partial charge in [0.05, 0.1) is 17.7 Å². The number of methoxy groups -OCH3 is 1. The van der Waals surface area contributed by atoms with Crippen molar-refractivity contribution in [3.05, 3.63) is 28.7 Å². The molecule has 2 heterocycles. The molecular formula is C14H18ClN3O2. The molecular weight excluding hydrogens is 278 g/mol. The summed E-state index contributed by atoms with van der Waals surface area (Å²) in [6.07, 6.45) is 7.12. The average molecular weight is 296 g/mol. The van der Waals surface area contributed by atoms with E-state index in [9.17, 15) is 4.79 Å². The topological polar surface area (TPSA) is 56.5 Å². The number of esters is 1. The Bertz CT molecular complexity index is 610. The van der Waals surface area contributed by atoms with E-state index in [4.69, 9.17) is 16.3 Å². The fourth-order valence-corrected chi connectivity index (χ4v) is 2.36. The lowest BCUT2D eigenvalue weighted by Crippen LogP contribution is -2.04. The van der Waals surface area contributed by atoms with Crippen LogP contribution in [-0.4, -0.2) is 27.7 Å². The van der Waals surface area contributed by atoms with E-state index in [2.05, 4.69) is 17.1 Å². The van der Waals surface area contributed by atoms with E-state index in [1.165, 1.54) is 20.0 Å². The van der Waals surface area contributed by atoms with Crippen LogP contribution in [0.15, 0.2) is 12.3 Å². The summed E-state index contributed by atoms with van der Waals surface area (Å²) >= 11 is 6.13. The normalized spacial score (nSPS) is 10.9. The zero-order chi connectivity index (χ0) is 14.5. The number of unbranched alkanes of at least 4 members (excludes halogenated alkanes) is 3. The highest BCUT2D eigenvalue weighted by atomic mass is 35.5. The second-order valence-electron chi connectivity index (χ2n) is 4.69. The molecule has 0 aliphatic rings. The predicted octanol–water partition coefficient (Wildman–Crippen LogP) is 3.29. The van der Waals surface area contributed by atoms with Crippen molar-refractivity contribution >= 4 is 23.2 Å². The summed E-state index contributed by atoms with van der Waals surface area (Å²) in [5, 5.41) is 8.63. The first-order chi connectivity index (χ1) is 9.67. The molecule has 2 rings (SSSR count). The van der Waals surface area contributed by atoms with E-state index in [1.807, 2.05) is 0 Å². The van der Waals surface area contributed by atoms with Crippen LogP contribution in [0.5, 0.6) is 0 Å². The van der Waals surface area contributed by atoms with Crippen LogP contribution in [0.4, 0.5) is 0 Å². The van der Waals surface area contributed by atoms with Gasteiger partial charge in [-0.05, 0) is 12.5 Å². The molecule has 0 saturated carbocycles. The zero-order valence-electron chi connectivity index (χ0n) is 11.7. The minimum atomic E-state index is -0.417. The molecule has 0 amide bonds. The fourth-order valence-electron chi connectivity index (χ4n) is 2.11. The van der Waals surface area contributed by atoms with Crippen molar-refractivity contribution in [2.75, 3.05) is 7.11 Å². The molecule has 0 spiro atoms. The number of aryl methyl sites for hydroxylation is 1. The van der Waals surface area contributed by atoms with Gasteiger partial charge in [0, 0.05) is 12.6 Å². The van der Waals surface area contributed by atoms with Crippen molar-refractivity contribution in [2.45, 2.75) is 39.0 Å². The maximum absolute atomic E-state index is 11.6. The van der Waals surface area contributed by atoms with Crippen LogP contribution < -0.4 is 0 Å². The SMILES string of the molecule is CCCCCCc1nnc2c(Cl)cc(C(=O)OC)cn12. The number of hydrogen-bond acceptors (Lipinski definition) is 4. The molecule has 0 bridgehead atoms. The number of nitrogens with zero attached hydrogens (tertiary/aromatic N) is 3. The van der Waals surface area contributed by atoms with Crippen molar-refractivity contribution in [1.29, 1.82) is 0 Å². The highest BCUT2D eigenvalue weighted by molar-refractivity contribution is 6.33. The van der Waals surface area contributed by atoms with Crippen LogP contribution >= 0.6 is 11.6 Å². The minimum absolute atomic E-state index is 0.402. The molecule has 20 heavy (non-hydrogen) atoms. The molecule has 0 saturated heterocycles. The summed E-state index contributed by atoms with van der Waals surface area (Å²) < 4.78 is 6.50. The number of aromatic nitrogens is 3. The van der Waals surface area contributed by atoms with Crippen LogP contribution in [-0.2, 0) is 11.2 Å². The van der Waals surface area contributed by atoms with Gasteiger partial charge >= 0.3 is 5.97 Å². The highest BCUT2D eigenvalue weighted by Gasteiger charge is 2.14. The molecule has 108 valence electrons. The number of ether oxygens (including phenoxy) is 1. The Morgan fingerprint density at radius 3 is 2.85 bits per heavy atom. The molecule has 0 aromatic carbocycles. The second-order valence-corrected chi connectivity index (χ2v) is 5.10. The smallest absolute Gasteiger partial charge is 0.339 e. The van der Waals surface area contributed by atoms with Crippen molar-refractivity contribution < 1.29 is 9.53 Å². The van der Waals surface area contributed by atoms with Crippen molar-refractivity contribution in [2.24, 2.45) is 0 Å². The number of carbonyl (C=O) groups excluding carboxylic acids is 1. The lowest BCUT2D eigenvalue weighted by Gasteiger charge is -2.04. The minimum Gasteiger partial charge on any atom is -0.465 e. The summed E-state index contributed by atoms with van der Waals surface area (Å²) in [5.41, 5.74) is 0.976. The Balaban J connectivity index is 2.27. The maximum Gasteiger partial charge on any atom is 0.339 e. The molecule has 6 heteroatoms. The van der Waals surface area contributed by atoms with E-state index in [0.29, 0.717) is 16.2 Å². The quantitative estimate of drug-likeness (QED) is 0.606. The summed E-state index contributed by atoms with van der Waals surface area (Å²) in [4.78, 5) is 11.6. The Kier molecular flexibility index (Phi) is 4.95. The van der Waals surface area contributed by atoms with E-state index in [0.717, 1.165) is 25.1 Å². The van der Waals surface area contributed by atoms with Gasteiger partial charge in [0.25, 0.3) is 0 Å². The highest BCUT2D eigenvalue weighted by Crippen LogP contribution is 2.20. The number of rotatable bonds is 6. The maximum atomic E-state index is 11.6. The predicted molar refractivity (Wildman–Crippen MR) is 77.2 cm³/mol. The Hall–Kier alpha value is -1.62. The third kappa shape index (κ3) is 3.10. The lowest BCUT2D eigenvalue weighted by molar-refractivity contribution is 0.0600. The number of hydrogen-bond donors (Lipinski definition) is 0. The summed E-state index contributed by atoms with van der Waals surface area (Å²) in [5.74, 6) is 0.406. The summed E-state index contributed by atoms with van der Waals surface area (Å²) in [7, 11) is 1.35. The van der Waals surface area contributed by atoms with Crippen LogP contribution in [0.3, 0.4) is 0 Å². The second kappa shape index (κ2) is 6.70. The summed E-state index contributed by atoms with van der Waals surface area (Å²) in [6, 6.07) is 1.55. The summed E-state index contributed by atoms with van der Waals surface area (Å²) in [6.45, 7) is 2.18. The van der Waals surface area contributed by atoms with E-state index in [1.54, 1.807) is 16.7 Å². The van der Waals surface area contributed by atoms with Crippen LogP contribution in [0.1, 0.15) is 48.8 Å². The molecule has 0 aliphatic heterocycles. The van der Waals surface area contributed by atoms with Gasteiger partial charge in [0.1, 0.15) is 5.82 Å². The van der Waals surface area contributed by atoms with Crippen LogP contribution in [0.25, 0.3) is 5.65 Å². The Labute approximate surface area is 122 Å². The third-order valence-corrected chi connectivity index (χ3v) is 3.48. The number of halogens is 1. The molecule has 0 aliphatic carbocycles. The van der Waals surface area contributed by atoms with Crippen molar-refractivity contribution in [1.82, 2.24) is 14.6 Å². The first-order valence-corrected chi connectivity index (χ1v) is 7.16. The molecule has 2 aromatic rings. The lowest BCUT2D eigenvalue weighted by atomic mass is 10.1. The van der Waals surface area contributed by atoms with Gasteiger partial charge in [-0.2, -0.15) is 0 Å². The fraction of sp³-hybridized carbons (Fsp3) is 0.500. The average Bonchev–Trinajstić information content (AvgIpc) is 2.86. The van der Waals surface area contributed by atoms with E-state index >= 15 is 0 Å². The monoisotopic (exact) mass is 295 g/mol. The molecule has 2 aromatic heterocycles. The van der Waals surface area contributed by atoms with Gasteiger partial charge in [-0.3, -0.25) is 4.40 Å². The van der Waals surface area contributed by atoms with E-state index < -0.39 is 5.97 Å². The van der Waals surface area contributed by atoms with Gasteiger partial charge in [0.15, 0.2) is 5.65 Å². The number of pyridine rings is 1.